The Hall–Kier alpha value is -1.78. The molecule has 1 unspecified atom stereocenters. The van der Waals surface area contributed by atoms with Gasteiger partial charge in [0.2, 0.25) is 0 Å². The van der Waals surface area contributed by atoms with E-state index in [2.05, 4.69) is 9.55 Å². The number of hydrogen-bond acceptors (Lipinski definition) is 3. The van der Waals surface area contributed by atoms with Crippen molar-refractivity contribution in [2.75, 3.05) is 6.26 Å². The third kappa shape index (κ3) is 2.82. The van der Waals surface area contributed by atoms with Crippen molar-refractivity contribution in [2.24, 2.45) is 7.05 Å². The van der Waals surface area contributed by atoms with Gasteiger partial charge in [-0.1, -0.05) is 24.3 Å². The summed E-state index contributed by atoms with van der Waals surface area (Å²) in [5.41, 5.74) is 3.00. The van der Waals surface area contributed by atoms with Gasteiger partial charge in [0.15, 0.2) is 0 Å². The third-order valence-corrected chi connectivity index (χ3v) is 4.50. The lowest BCUT2D eigenvalue weighted by molar-refractivity contribution is 0.175. The van der Waals surface area contributed by atoms with Crippen LogP contribution < -0.4 is 0 Å². The Kier molecular flexibility index (Phi) is 3.99. The van der Waals surface area contributed by atoms with Crippen molar-refractivity contribution in [3.05, 3.63) is 59.9 Å². The Morgan fingerprint density at radius 1 is 1.14 bits per heavy atom. The normalized spacial score (nSPS) is 12.7. The smallest absolute Gasteiger partial charge is 0.112 e. The number of fused-ring (bicyclic) bond motifs is 1. The molecule has 0 aliphatic rings. The fraction of sp³-hybridized carbons (Fsp3) is 0.235. The zero-order valence-electron chi connectivity index (χ0n) is 12.2. The number of para-hydroxylation sites is 2. The van der Waals surface area contributed by atoms with Crippen LogP contribution in [0.1, 0.15) is 17.5 Å². The first-order chi connectivity index (χ1) is 10.2. The van der Waals surface area contributed by atoms with Gasteiger partial charge in [0.1, 0.15) is 5.82 Å². The quantitative estimate of drug-likeness (QED) is 0.748. The van der Waals surface area contributed by atoms with Crippen LogP contribution in [0.4, 0.5) is 0 Å². The number of nitrogens with zero attached hydrogens (tertiary/aromatic N) is 2. The van der Waals surface area contributed by atoms with Crippen molar-refractivity contribution >= 4 is 22.8 Å². The molecule has 0 aliphatic heterocycles. The summed E-state index contributed by atoms with van der Waals surface area (Å²) in [6.45, 7) is 0. The van der Waals surface area contributed by atoms with Crippen LogP contribution in [0, 0.1) is 0 Å². The Balaban J connectivity index is 1.85. The standard InChI is InChI=1S/C17H18N2OS/c1-19-15-6-4-3-5-14(15)18-17(19)11-16(20)12-7-9-13(21-2)10-8-12/h3-10,16,20H,11H2,1-2H3. The molecule has 0 fully saturated rings. The molecular weight excluding hydrogens is 280 g/mol. The highest BCUT2D eigenvalue weighted by Crippen LogP contribution is 2.23. The first-order valence-electron chi connectivity index (χ1n) is 6.91. The largest absolute Gasteiger partial charge is 0.388 e. The number of benzene rings is 2. The Labute approximate surface area is 128 Å². The summed E-state index contributed by atoms with van der Waals surface area (Å²) in [4.78, 5) is 5.81. The molecular formula is C17H18N2OS. The van der Waals surface area contributed by atoms with Crippen LogP contribution >= 0.6 is 11.8 Å². The molecule has 0 bridgehead atoms. The molecule has 0 saturated heterocycles. The van der Waals surface area contributed by atoms with Gasteiger partial charge < -0.3 is 9.67 Å². The molecule has 1 atom stereocenters. The first kappa shape index (κ1) is 14.2. The van der Waals surface area contributed by atoms with E-state index in [9.17, 15) is 5.11 Å². The monoisotopic (exact) mass is 298 g/mol. The fourth-order valence-electron chi connectivity index (χ4n) is 2.49. The first-order valence-corrected chi connectivity index (χ1v) is 8.14. The van der Waals surface area contributed by atoms with Crippen molar-refractivity contribution in [3.8, 4) is 0 Å². The highest BCUT2D eigenvalue weighted by Gasteiger charge is 2.14. The number of aromatic nitrogens is 2. The fourth-order valence-corrected chi connectivity index (χ4v) is 2.90. The maximum Gasteiger partial charge on any atom is 0.112 e. The van der Waals surface area contributed by atoms with Crippen molar-refractivity contribution in [3.63, 3.8) is 0 Å². The summed E-state index contributed by atoms with van der Waals surface area (Å²) in [6.07, 6.45) is 2.03. The lowest BCUT2D eigenvalue weighted by Crippen LogP contribution is -2.06. The minimum atomic E-state index is -0.531. The maximum absolute atomic E-state index is 10.4. The predicted molar refractivity (Wildman–Crippen MR) is 87.6 cm³/mol. The number of rotatable bonds is 4. The minimum absolute atomic E-state index is 0.518. The average molecular weight is 298 g/mol. The summed E-state index contributed by atoms with van der Waals surface area (Å²) < 4.78 is 2.05. The van der Waals surface area contributed by atoms with Crippen molar-refractivity contribution in [1.29, 1.82) is 0 Å². The van der Waals surface area contributed by atoms with Gasteiger partial charge in [-0.05, 0) is 36.1 Å². The number of hydrogen-bond donors (Lipinski definition) is 1. The lowest BCUT2D eigenvalue weighted by Gasteiger charge is -2.11. The second-order valence-corrected chi connectivity index (χ2v) is 5.95. The van der Waals surface area contributed by atoms with Gasteiger partial charge in [-0.2, -0.15) is 0 Å². The van der Waals surface area contributed by atoms with E-state index in [-0.39, 0.29) is 0 Å². The molecule has 108 valence electrons. The summed E-state index contributed by atoms with van der Waals surface area (Å²) in [7, 11) is 1.99. The van der Waals surface area contributed by atoms with Gasteiger partial charge >= 0.3 is 0 Å². The lowest BCUT2D eigenvalue weighted by atomic mass is 10.1. The average Bonchev–Trinajstić information content (AvgIpc) is 2.84. The van der Waals surface area contributed by atoms with Crippen LogP contribution in [0.25, 0.3) is 11.0 Å². The predicted octanol–water partition coefficient (Wildman–Crippen LogP) is 3.57. The SMILES string of the molecule is CSc1ccc(C(O)Cc2nc3ccccc3n2C)cc1. The molecule has 0 amide bonds. The van der Waals surface area contributed by atoms with E-state index >= 15 is 0 Å². The number of aliphatic hydroxyl groups excluding tert-OH is 1. The molecule has 21 heavy (non-hydrogen) atoms. The second kappa shape index (κ2) is 5.92. The van der Waals surface area contributed by atoms with Gasteiger partial charge in [-0.15, -0.1) is 11.8 Å². The van der Waals surface area contributed by atoms with E-state index in [1.165, 1.54) is 4.90 Å². The zero-order chi connectivity index (χ0) is 14.8. The third-order valence-electron chi connectivity index (χ3n) is 3.76. The van der Waals surface area contributed by atoms with Gasteiger partial charge in [0, 0.05) is 18.4 Å². The van der Waals surface area contributed by atoms with E-state index in [0.29, 0.717) is 6.42 Å². The molecule has 1 N–H and O–H groups in total. The van der Waals surface area contributed by atoms with Crippen LogP contribution in [0.5, 0.6) is 0 Å². The van der Waals surface area contributed by atoms with Crippen molar-refractivity contribution in [2.45, 2.75) is 17.4 Å². The maximum atomic E-state index is 10.4. The van der Waals surface area contributed by atoms with E-state index in [4.69, 9.17) is 0 Å². The Morgan fingerprint density at radius 2 is 1.86 bits per heavy atom. The minimum Gasteiger partial charge on any atom is -0.388 e. The van der Waals surface area contributed by atoms with Gasteiger partial charge in [-0.3, -0.25) is 0 Å². The van der Waals surface area contributed by atoms with Gasteiger partial charge in [-0.25, -0.2) is 4.98 Å². The summed E-state index contributed by atoms with van der Waals surface area (Å²) in [6, 6.07) is 16.1. The topological polar surface area (TPSA) is 38.1 Å². The zero-order valence-corrected chi connectivity index (χ0v) is 13.0. The number of thioether (sulfide) groups is 1. The van der Waals surface area contributed by atoms with Crippen molar-refractivity contribution < 1.29 is 5.11 Å². The Morgan fingerprint density at radius 3 is 2.52 bits per heavy atom. The van der Waals surface area contributed by atoms with E-state index in [1.807, 2.05) is 61.8 Å². The molecule has 1 aromatic heterocycles. The molecule has 3 nitrogen and oxygen atoms in total. The highest BCUT2D eigenvalue weighted by molar-refractivity contribution is 7.98. The molecule has 3 rings (SSSR count). The van der Waals surface area contributed by atoms with Crippen LogP contribution in [0.2, 0.25) is 0 Å². The van der Waals surface area contributed by atoms with Crippen molar-refractivity contribution in [1.82, 2.24) is 9.55 Å². The van der Waals surface area contributed by atoms with Crippen LogP contribution in [-0.2, 0) is 13.5 Å². The van der Waals surface area contributed by atoms with Crippen LogP contribution in [0.3, 0.4) is 0 Å². The van der Waals surface area contributed by atoms with E-state index in [1.54, 1.807) is 11.8 Å². The van der Waals surface area contributed by atoms with E-state index in [0.717, 1.165) is 22.4 Å². The van der Waals surface area contributed by atoms with Crippen LogP contribution in [-0.4, -0.2) is 20.9 Å². The van der Waals surface area contributed by atoms with Gasteiger partial charge in [0.25, 0.3) is 0 Å². The molecule has 0 saturated carbocycles. The summed E-state index contributed by atoms with van der Waals surface area (Å²) in [5.74, 6) is 0.901. The second-order valence-electron chi connectivity index (χ2n) is 5.07. The molecule has 1 heterocycles. The number of aliphatic hydroxyl groups is 1. The number of imidazole rings is 1. The highest BCUT2D eigenvalue weighted by atomic mass is 32.2. The molecule has 3 aromatic rings. The summed E-state index contributed by atoms with van der Waals surface area (Å²) >= 11 is 1.70. The van der Waals surface area contributed by atoms with E-state index < -0.39 is 6.10 Å². The Bertz CT molecular complexity index is 749. The van der Waals surface area contributed by atoms with Crippen LogP contribution in [0.15, 0.2) is 53.4 Å². The molecule has 2 aromatic carbocycles. The molecule has 0 aliphatic carbocycles. The molecule has 0 radical (unpaired) electrons. The number of aryl methyl sites for hydroxylation is 1. The van der Waals surface area contributed by atoms with Gasteiger partial charge in [0.05, 0.1) is 17.1 Å². The summed E-state index contributed by atoms with van der Waals surface area (Å²) in [5, 5.41) is 10.4. The molecule has 0 spiro atoms. The molecule has 4 heteroatoms.